The van der Waals surface area contributed by atoms with Crippen LogP contribution in [-0.4, -0.2) is 11.1 Å². The number of alkyl halides is 1. The maximum atomic E-state index is 5.82. The molecule has 0 saturated heterocycles. The fourth-order valence-electron chi connectivity index (χ4n) is 1.69. The van der Waals surface area contributed by atoms with E-state index in [4.69, 9.17) is 11.6 Å². The minimum Gasteiger partial charge on any atom is -0.153 e. The lowest BCUT2D eigenvalue weighted by Gasteiger charge is -2.09. The first-order valence-electron chi connectivity index (χ1n) is 5.45. The second-order valence-electron chi connectivity index (χ2n) is 3.91. The molecule has 0 bridgehead atoms. The van der Waals surface area contributed by atoms with E-state index in [2.05, 4.69) is 49.4 Å². The Morgan fingerprint density at radius 1 is 1.12 bits per heavy atom. The summed E-state index contributed by atoms with van der Waals surface area (Å²) in [6.45, 7) is 2.17. The maximum absolute atomic E-state index is 5.82. The second-order valence-corrected chi connectivity index (χ2v) is 5.65. The number of hydrogen-bond donors (Lipinski definition) is 0. The Kier molecular flexibility index (Phi) is 4.14. The van der Waals surface area contributed by atoms with Crippen LogP contribution >= 0.6 is 23.4 Å². The third-order valence-electron chi connectivity index (χ3n) is 2.62. The van der Waals surface area contributed by atoms with E-state index in [1.807, 2.05) is 11.8 Å². The SMILES string of the molecule is CC(CCl)SCc1cccc2ccccc12. The highest BCUT2D eigenvalue weighted by atomic mass is 35.5. The van der Waals surface area contributed by atoms with Gasteiger partial charge in [0.25, 0.3) is 0 Å². The Morgan fingerprint density at radius 2 is 1.88 bits per heavy atom. The molecule has 0 fully saturated rings. The smallest absolute Gasteiger partial charge is 0.0340 e. The Bertz CT molecular complexity index is 462. The van der Waals surface area contributed by atoms with Crippen molar-refractivity contribution in [1.82, 2.24) is 0 Å². The van der Waals surface area contributed by atoms with Gasteiger partial charge in [0.2, 0.25) is 0 Å². The Morgan fingerprint density at radius 3 is 2.69 bits per heavy atom. The predicted octanol–water partition coefficient (Wildman–Crippen LogP) is 4.70. The van der Waals surface area contributed by atoms with Crippen LogP contribution in [0, 0.1) is 0 Å². The molecule has 2 rings (SSSR count). The van der Waals surface area contributed by atoms with Crippen molar-refractivity contribution in [2.45, 2.75) is 17.9 Å². The highest BCUT2D eigenvalue weighted by molar-refractivity contribution is 7.99. The summed E-state index contributed by atoms with van der Waals surface area (Å²) in [5.41, 5.74) is 1.40. The van der Waals surface area contributed by atoms with Crippen LogP contribution in [0.15, 0.2) is 42.5 Å². The number of fused-ring (bicyclic) bond motifs is 1. The van der Waals surface area contributed by atoms with Crippen molar-refractivity contribution in [1.29, 1.82) is 0 Å². The standard InChI is InChI=1S/C14H15ClS/c1-11(9-15)16-10-13-7-4-6-12-5-2-3-8-14(12)13/h2-8,11H,9-10H2,1H3. The summed E-state index contributed by atoms with van der Waals surface area (Å²) in [6, 6.07) is 15.0. The third-order valence-corrected chi connectivity index (χ3v) is 4.48. The first kappa shape index (κ1) is 11.8. The normalized spacial score (nSPS) is 12.9. The molecule has 0 amide bonds. The van der Waals surface area contributed by atoms with E-state index in [0.717, 1.165) is 11.6 Å². The molecule has 0 aliphatic rings. The topological polar surface area (TPSA) is 0 Å². The van der Waals surface area contributed by atoms with Crippen molar-refractivity contribution < 1.29 is 0 Å². The average Bonchev–Trinajstić information content (AvgIpc) is 2.35. The van der Waals surface area contributed by atoms with E-state index in [1.165, 1.54) is 16.3 Å². The second kappa shape index (κ2) is 5.60. The van der Waals surface area contributed by atoms with Crippen molar-refractivity contribution in [3.05, 3.63) is 48.0 Å². The fourth-order valence-corrected chi connectivity index (χ4v) is 2.77. The Balaban J connectivity index is 2.23. The summed E-state index contributed by atoms with van der Waals surface area (Å²) in [5.74, 6) is 1.75. The van der Waals surface area contributed by atoms with Crippen LogP contribution in [-0.2, 0) is 5.75 Å². The van der Waals surface area contributed by atoms with Crippen LogP contribution in [0.4, 0.5) is 0 Å². The van der Waals surface area contributed by atoms with Crippen molar-refractivity contribution in [2.75, 3.05) is 5.88 Å². The van der Waals surface area contributed by atoms with E-state index in [-0.39, 0.29) is 0 Å². The van der Waals surface area contributed by atoms with Gasteiger partial charge in [-0.2, -0.15) is 11.8 Å². The van der Waals surface area contributed by atoms with Gasteiger partial charge in [-0.25, -0.2) is 0 Å². The van der Waals surface area contributed by atoms with Gasteiger partial charge in [-0.15, -0.1) is 11.6 Å². The van der Waals surface area contributed by atoms with E-state index < -0.39 is 0 Å². The van der Waals surface area contributed by atoms with Gasteiger partial charge < -0.3 is 0 Å². The molecular formula is C14H15ClS. The van der Waals surface area contributed by atoms with Gasteiger partial charge in [0, 0.05) is 16.9 Å². The Hall–Kier alpha value is -0.660. The number of hydrogen-bond acceptors (Lipinski definition) is 1. The van der Waals surface area contributed by atoms with Gasteiger partial charge in [0.15, 0.2) is 0 Å². The average molecular weight is 251 g/mol. The summed E-state index contributed by atoms with van der Waals surface area (Å²) in [4.78, 5) is 0. The fraction of sp³-hybridized carbons (Fsp3) is 0.286. The third kappa shape index (κ3) is 2.72. The Labute approximate surface area is 106 Å². The van der Waals surface area contributed by atoms with E-state index >= 15 is 0 Å². The first-order chi connectivity index (χ1) is 7.81. The molecule has 0 spiro atoms. The van der Waals surface area contributed by atoms with Gasteiger partial charge >= 0.3 is 0 Å². The molecule has 0 aliphatic heterocycles. The molecule has 16 heavy (non-hydrogen) atoms. The van der Waals surface area contributed by atoms with Crippen molar-refractivity contribution in [2.24, 2.45) is 0 Å². The zero-order valence-electron chi connectivity index (χ0n) is 9.32. The van der Waals surface area contributed by atoms with Gasteiger partial charge in [-0.1, -0.05) is 49.4 Å². The molecular weight excluding hydrogens is 236 g/mol. The molecule has 0 aliphatic carbocycles. The number of thioether (sulfide) groups is 1. The minimum absolute atomic E-state index is 0.514. The molecule has 2 aromatic rings. The molecule has 0 aromatic heterocycles. The van der Waals surface area contributed by atoms with Gasteiger partial charge in [0.05, 0.1) is 0 Å². The number of halogens is 1. The highest BCUT2D eigenvalue weighted by Crippen LogP contribution is 2.25. The lowest BCUT2D eigenvalue weighted by atomic mass is 10.1. The van der Waals surface area contributed by atoms with Crippen LogP contribution in [0.5, 0.6) is 0 Å². The van der Waals surface area contributed by atoms with E-state index in [9.17, 15) is 0 Å². The number of benzene rings is 2. The highest BCUT2D eigenvalue weighted by Gasteiger charge is 2.04. The number of rotatable bonds is 4. The van der Waals surface area contributed by atoms with Gasteiger partial charge in [-0.05, 0) is 16.3 Å². The van der Waals surface area contributed by atoms with Crippen molar-refractivity contribution in [3.8, 4) is 0 Å². The zero-order chi connectivity index (χ0) is 11.4. The van der Waals surface area contributed by atoms with Crippen LogP contribution in [0.1, 0.15) is 12.5 Å². The summed E-state index contributed by atoms with van der Waals surface area (Å²) >= 11 is 7.73. The van der Waals surface area contributed by atoms with Gasteiger partial charge in [0.1, 0.15) is 0 Å². The summed E-state index contributed by atoms with van der Waals surface area (Å²) in [6.07, 6.45) is 0. The first-order valence-corrected chi connectivity index (χ1v) is 7.04. The largest absolute Gasteiger partial charge is 0.153 e. The van der Waals surface area contributed by atoms with Crippen LogP contribution < -0.4 is 0 Å². The lowest BCUT2D eigenvalue weighted by molar-refractivity contribution is 1.12. The molecule has 84 valence electrons. The molecule has 0 radical (unpaired) electrons. The maximum Gasteiger partial charge on any atom is 0.0340 e. The molecule has 2 aromatic carbocycles. The van der Waals surface area contributed by atoms with Crippen molar-refractivity contribution >= 4 is 34.1 Å². The quantitative estimate of drug-likeness (QED) is 0.709. The van der Waals surface area contributed by atoms with Gasteiger partial charge in [-0.3, -0.25) is 0 Å². The van der Waals surface area contributed by atoms with Crippen LogP contribution in [0.2, 0.25) is 0 Å². The molecule has 0 nitrogen and oxygen atoms in total. The molecule has 0 N–H and O–H groups in total. The summed E-state index contributed by atoms with van der Waals surface area (Å²) in [5, 5.41) is 3.19. The van der Waals surface area contributed by atoms with E-state index in [1.54, 1.807) is 0 Å². The molecule has 2 heteroatoms. The molecule has 0 heterocycles. The monoisotopic (exact) mass is 250 g/mol. The summed E-state index contributed by atoms with van der Waals surface area (Å²) < 4.78 is 0. The molecule has 1 atom stereocenters. The van der Waals surface area contributed by atoms with Crippen LogP contribution in [0.25, 0.3) is 10.8 Å². The lowest BCUT2D eigenvalue weighted by Crippen LogP contribution is -1.97. The van der Waals surface area contributed by atoms with Crippen LogP contribution in [0.3, 0.4) is 0 Å². The summed E-state index contributed by atoms with van der Waals surface area (Å²) in [7, 11) is 0. The van der Waals surface area contributed by atoms with E-state index in [0.29, 0.717) is 5.25 Å². The van der Waals surface area contributed by atoms with Crippen molar-refractivity contribution in [3.63, 3.8) is 0 Å². The molecule has 0 saturated carbocycles. The predicted molar refractivity (Wildman–Crippen MR) is 75.4 cm³/mol. The molecule has 1 unspecified atom stereocenters. The zero-order valence-corrected chi connectivity index (χ0v) is 10.9. The minimum atomic E-state index is 0.514.